The Bertz CT molecular complexity index is 682. The molecular weight excluding hydrogens is 272 g/mol. The molecule has 106 valence electrons. The van der Waals surface area contributed by atoms with Crippen molar-refractivity contribution in [1.82, 2.24) is 4.98 Å². The SMILES string of the molecule is N#Cc1nc(NC(CO)c2ccccc2)ccc1[N+](=O)[O-]. The minimum absolute atomic E-state index is 0.176. The standard InChI is InChI=1S/C14H12N4O3/c15-8-11-13(18(20)21)6-7-14(16-11)17-12(9-19)10-4-2-1-3-5-10/h1-7,12,19H,9H2,(H,16,17). The van der Waals surface area contributed by atoms with Gasteiger partial charge in [-0.15, -0.1) is 0 Å². The van der Waals surface area contributed by atoms with E-state index in [4.69, 9.17) is 5.26 Å². The van der Waals surface area contributed by atoms with Gasteiger partial charge in [0.25, 0.3) is 0 Å². The molecule has 21 heavy (non-hydrogen) atoms. The maximum Gasteiger partial charge on any atom is 0.305 e. The first kappa shape index (κ1) is 14.4. The van der Waals surface area contributed by atoms with Crippen LogP contribution in [0.4, 0.5) is 11.5 Å². The number of nitrogens with zero attached hydrogens (tertiary/aromatic N) is 3. The molecule has 0 aliphatic carbocycles. The van der Waals surface area contributed by atoms with Crippen LogP contribution in [0.2, 0.25) is 0 Å². The van der Waals surface area contributed by atoms with E-state index < -0.39 is 11.0 Å². The van der Waals surface area contributed by atoms with Crippen LogP contribution >= 0.6 is 0 Å². The summed E-state index contributed by atoms with van der Waals surface area (Å²) < 4.78 is 0. The number of hydrogen-bond donors (Lipinski definition) is 2. The van der Waals surface area contributed by atoms with Crippen molar-refractivity contribution in [1.29, 1.82) is 5.26 Å². The molecule has 1 aromatic heterocycles. The van der Waals surface area contributed by atoms with Crippen molar-refractivity contribution in [2.75, 3.05) is 11.9 Å². The van der Waals surface area contributed by atoms with E-state index in [0.29, 0.717) is 5.82 Å². The lowest BCUT2D eigenvalue weighted by atomic mass is 10.1. The van der Waals surface area contributed by atoms with E-state index >= 15 is 0 Å². The second-order valence-electron chi connectivity index (χ2n) is 4.22. The molecule has 1 heterocycles. The maximum absolute atomic E-state index is 10.7. The van der Waals surface area contributed by atoms with Crippen LogP contribution in [0.15, 0.2) is 42.5 Å². The average Bonchev–Trinajstić information content (AvgIpc) is 2.53. The predicted molar refractivity (Wildman–Crippen MR) is 75.5 cm³/mol. The minimum atomic E-state index is -0.657. The third-order valence-electron chi connectivity index (χ3n) is 2.88. The normalized spacial score (nSPS) is 11.4. The van der Waals surface area contributed by atoms with E-state index in [-0.39, 0.29) is 18.0 Å². The fourth-order valence-electron chi connectivity index (χ4n) is 1.86. The number of nitro groups is 1. The number of nitriles is 1. The molecule has 2 rings (SSSR count). The van der Waals surface area contributed by atoms with Crippen LogP contribution in [0.3, 0.4) is 0 Å². The zero-order valence-corrected chi connectivity index (χ0v) is 10.9. The molecule has 7 heteroatoms. The van der Waals surface area contributed by atoms with Crippen LogP contribution in [0.5, 0.6) is 0 Å². The number of anilines is 1. The Kier molecular flexibility index (Phi) is 4.43. The smallest absolute Gasteiger partial charge is 0.305 e. The van der Waals surface area contributed by atoms with Gasteiger partial charge < -0.3 is 10.4 Å². The Morgan fingerprint density at radius 2 is 2.05 bits per heavy atom. The van der Waals surface area contributed by atoms with Crippen molar-refractivity contribution in [2.45, 2.75) is 6.04 Å². The van der Waals surface area contributed by atoms with Gasteiger partial charge >= 0.3 is 5.69 Å². The molecule has 0 spiro atoms. The van der Waals surface area contributed by atoms with Crippen LogP contribution in [-0.2, 0) is 0 Å². The Morgan fingerprint density at radius 3 is 2.62 bits per heavy atom. The van der Waals surface area contributed by atoms with Crippen LogP contribution in [0.1, 0.15) is 17.3 Å². The van der Waals surface area contributed by atoms with Gasteiger partial charge in [0.2, 0.25) is 5.69 Å². The zero-order chi connectivity index (χ0) is 15.2. The summed E-state index contributed by atoms with van der Waals surface area (Å²) >= 11 is 0. The summed E-state index contributed by atoms with van der Waals surface area (Å²) in [4.78, 5) is 14.0. The molecule has 0 fully saturated rings. The minimum Gasteiger partial charge on any atom is -0.394 e. The van der Waals surface area contributed by atoms with Crippen molar-refractivity contribution in [2.24, 2.45) is 0 Å². The van der Waals surface area contributed by atoms with Gasteiger partial charge in [-0.3, -0.25) is 10.1 Å². The molecule has 0 aliphatic rings. The highest BCUT2D eigenvalue weighted by Crippen LogP contribution is 2.22. The topological polar surface area (TPSA) is 112 Å². The van der Waals surface area contributed by atoms with Gasteiger partial charge in [0, 0.05) is 6.07 Å². The second kappa shape index (κ2) is 6.45. The summed E-state index contributed by atoms with van der Waals surface area (Å²) in [5.41, 5.74) is 0.233. The Labute approximate surface area is 120 Å². The maximum atomic E-state index is 10.7. The molecule has 0 bridgehead atoms. The van der Waals surface area contributed by atoms with Gasteiger partial charge in [-0.2, -0.15) is 5.26 Å². The van der Waals surface area contributed by atoms with Gasteiger partial charge in [-0.05, 0) is 11.6 Å². The molecule has 2 aromatic rings. The van der Waals surface area contributed by atoms with Gasteiger partial charge in [0.05, 0.1) is 17.6 Å². The van der Waals surface area contributed by atoms with E-state index in [0.717, 1.165) is 5.56 Å². The van der Waals surface area contributed by atoms with Crippen molar-refractivity contribution >= 4 is 11.5 Å². The van der Waals surface area contributed by atoms with E-state index in [1.165, 1.54) is 12.1 Å². The number of benzene rings is 1. The van der Waals surface area contributed by atoms with Gasteiger partial charge in [-0.25, -0.2) is 4.98 Å². The van der Waals surface area contributed by atoms with Crippen molar-refractivity contribution in [3.63, 3.8) is 0 Å². The number of aliphatic hydroxyl groups excluding tert-OH is 1. The number of aromatic nitrogens is 1. The predicted octanol–water partition coefficient (Wildman–Crippen LogP) is 2.01. The number of pyridine rings is 1. The van der Waals surface area contributed by atoms with E-state index in [1.54, 1.807) is 6.07 Å². The van der Waals surface area contributed by atoms with E-state index in [1.807, 2.05) is 30.3 Å². The van der Waals surface area contributed by atoms with Gasteiger partial charge in [0.15, 0.2) is 0 Å². The fraction of sp³-hybridized carbons (Fsp3) is 0.143. The van der Waals surface area contributed by atoms with Gasteiger partial charge in [0.1, 0.15) is 11.9 Å². The molecule has 0 aliphatic heterocycles. The van der Waals surface area contributed by atoms with Crippen molar-refractivity contribution < 1.29 is 10.0 Å². The van der Waals surface area contributed by atoms with Gasteiger partial charge in [-0.1, -0.05) is 30.3 Å². The first-order chi connectivity index (χ1) is 10.2. The molecule has 7 nitrogen and oxygen atoms in total. The summed E-state index contributed by atoms with van der Waals surface area (Å²) in [5.74, 6) is 0.292. The number of nitrogens with one attached hydrogen (secondary N) is 1. The fourth-order valence-corrected chi connectivity index (χ4v) is 1.86. The highest BCUT2D eigenvalue weighted by atomic mass is 16.6. The third-order valence-corrected chi connectivity index (χ3v) is 2.88. The van der Waals surface area contributed by atoms with E-state index in [2.05, 4.69) is 10.3 Å². The van der Waals surface area contributed by atoms with Crippen LogP contribution in [0, 0.1) is 21.4 Å². The molecule has 1 unspecified atom stereocenters. The Hall–Kier alpha value is -2.98. The quantitative estimate of drug-likeness (QED) is 0.641. The van der Waals surface area contributed by atoms with Crippen molar-refractivity contribution in [3.05, 3.63) is 63.8 Å². The lowest BCUT2D eigenvalue weighted by Gasteiger charge is -2.17. The summed E-state index contributed by atoms with van der Waals surface area (Å²) in [6, 6.07) is 13.1. The number of hydrogen-bond acceptors (Lipinski definition) is 6. The molecule has 2 N–H and O–H groups in total. The zero-order valence-electron chi connectivity index (χ0n) is 10.9. The second-order valence-corrected chi connectivity index (χ2v) is 4.22. The van der Waals surface area contributed by atoms with Crippen molar-refractivity contribution in [3.8, 4) is 6.07 Å². The monoisotopic (exact) mass is 284 g/mol. The Balaban J connectivity index is 2.27. The largest absolute Gasteiger partial charge is 0.394 e. The summed E-state index contributed by atoms with van der Waals surface area (Å²) in [7, 11) is 0. The summed E-state index contributed by atoms with van der Waals surface area (Å²) in [6.45, 7) is -0.176. The third kappa shape index (κ3) is 3.32. The Morgan fingerprint density at radius 1 is 1.33 bits per heavy atom. The van der Waals surface area contributed by atoms with Crippen LogP contribution in [-0.4, -0.2) is 21.6 Å². The van der Waals surface area contributed by atoms with Crippen LogP contribution < -0.4 is 5.32 Å². The first-order valence-electron chi connectivity index (χ1n) is 6.13. The highest BCUT2D eigenvalue weighted by molar-refractivity contribution is 5.51. The first-order valence-corrected chi connectivity index (χ1v) is 6.13. The summed E-state index contributed by atoms with van der Waals surface area (Å²) in [5, 5.41) is 32.0. The van der Waals surface area contributed by atoms with E-state index in [9.17, 15) is 15.2 Å². The lowest BCUT2D eigenvalue weighted by Crippen LogP contribution is -2.16. The molecule has 0 amide bonds. The molecule has 1 atom stereocenters. The average molecular weight is 284 g/mol. The molecule has 1 aromatic carbocycles. The molecule has 0 saturated carbocycles. The number of aliphatic hydroxyl groups is 1. The van der Waals surface area contributed by atoms with Crippen LogP contribution in [0.25, 0.3) is 0 Å². The highest BCUT2D eigenvalue weighted by Gasteiger charge is 2.17. The number of rotatable bonds is 5. The lowest BCUT2D eigenvalue weighted by molar-refractivity contribution is -0.385. The summed E-state index contributed by atoms with van der Waals surface area (Å²) in [6.07, 6.45) is 0. The molecule has 0 saturated heterocycles. The molecule has 0 radical (unpaired) electrons. The molecular formula is C14H12N4O3.